The van der Waals surface area contributed by atoms with Crippen LogP contribution in [0.25, 0.3) is 0 Å². The van der Waals surface area contributed by atoms with Gasteiger partial charge in [0.25, 0.3) is 0 Å². The second-order valence-electron chi connectivity index (χ2n) is 5.99. The molecule has 5 heteroatoms. The molecular formula is C19H20N2O2S. The number of amidine groups is 1. The fourth-order valence-electron chi connectivity index (χ4n) is 3.16. The molecule has 1 aliphatic heterocycles. The summed E-state index contributed by atoms with van der Waals surface area (Å²) < 4.78 is 0. The van der Waals surface area contributed by atoms with E-state index in [0.29, 0.717) is 5.17 Å². The van der Waals surface area contributed by atoms with Crippen LogP contribution in [0.5, 0.6) is 0 Å². The summed E-state index contributed by atoms with van der Waals surface area (Å²) in [5, 5.41) is 10.3. The van der Waals surface area contributed by atoms with E-state index in [1.807, 2.05) is 62.6 Å². The van der Waals surface area contributed by atoms with Crippen molar-refractivity contribution in [1.29, 1.82) is 0 Å². The van der Waals surface area contributed by atoms with E-state index in [1.165, 1.54) is 16.7 Å². The summed E-state index contributed by atoms with van der Waals surface area (Å²) >= 11 is 1.37. The number of aliphatic imine (C=N–C) groups is 1. The summed E-state index contributed by atoms with van der Waals surface area (Å²) in [6, 6.07) is 15.6. The Kier molecular flexibility index (Phi) is 4.62. The maximum absolute atomic E-state index is 11.9. The minimum absolute atomic E-state index is 0.231. The van der Waals surface area contributed by atoms with Crippen LogP contribution in [0.15, 0.2) is 53.5 Å². The van der Waals surface area contributed by atoms with Crippen LogP contribution in [0.2, 0.25) is 0 Å². The van der Waals surface area contributed by atoms with Crippen molar-refractivity contribution in [2.24, 2.45) is 4.99 Å². The van der Waals surface area contributed by atoms with E-state index >= 15 is 0 Å². The molecule has 0 saturated heterocycles. The van der Waals surface area contributed by atoms with Crippen LogP contribution in [-0.2, 0) is 0 Å². The minimum Gasteiger partial charge on any atom is -0.465 e. The normalized spacial score (nSPS) is 20.1. The third kappa shape index (κ3) is 3.04. The van der Waals surface area contributed by atoms with Gasteiger partial charge in [-0.25, -0.2) is 9.69 Å². The summed E-state index contributed by atoms with van der Waals surface area (Å²) in [6.07, 6.45) is 0.894. The lowest BCUT2D eigenvalue weighted by Gasteiger charge is -2.27. The molecule has 1 amide bonds. The summed E-state index contributed by atoms with van der Waals surface area (Å²) in [7, 11) is 0. The van der Waals surface area contributed by atoms with Crippen molar-refractivity contribution in [1.82, 2.24) is 4.90 Å². The summed E-state index contributed by atoms with van der Waals surface area (Å²) in [5.74, 6) is 0. The smallest absolute Gasteiger partial charge is 0.414 e. The molecule has 24 heavy (non-hydrogen) atoms. The fraction of sp³-hybridized carbons (Fsp3) is 0.263. The third-order valence-corrected chi connectivity index (χ3v) is 4.86. The molecule has 0 unspecified atom stereocenters. The average Bonchev–Trinajstić information content (AvgIpc) is 2.94. The van der Waals surface area contributed by atoms with Gasteiger partial charge in [-0.05, 0) is 31.2 Å². The van der Waals surface area contributed by atoms with E-state index in [0.717, 1.165) is 22.3 Å². The third-order valence-electron chi connectivity index (χ3n) is 4.19. The number of hydrogen-bond donors (Lipinski definition) is 1. The number of amides is 1. The first-order valence-electron chi connectivity index (χ1n) is 7.78. The van der Waals surface area contributed by atoms with Crippen molar-refractivity contribution in [3.8, 4) is 0 Å². The zero-order valence-corrected chi connectivity index (χ0v) is 14.7. The van der Waals surface area contributed by atoms with Gasteiger partial charge in [-0.1, -0.05) is 71.4 Å². The Morgan fingerprint density at radius 2 is 1.67 bits per heavy atom. The molecule has 3 rings (SSSR count). The Hall–Kier alpha value is -2.27. The highest BCUT2D eigenvalue weighted by Crippen LogP contribution is 2.44. The lowest BCUT2D eigenvalue weighted by molar-refractivity contribution is 0.157. The average molecular weight is 340 g/mol. The van der Waals surface area contributed by atoms with E-state index in [1.54, 1.807) is 0 Å². The van der Waals surface area contributed by atoms with Gasteiger partial charge in [0.2, 0.25) is 0 Å². The van der Waals surface area contributed by atoms with E-state index in [4.69, 9.17) is 4.99 Å². The molecule has 0 radical (unpaired) electrons. The predicted octanol–water partition coefficient (Wildman–Crippen LogP) is 4.80. The van der Waals surface area contributed by atoms with Gasteiger partial charge in [-0.2, -0.15) is 0 Å². The molecule has 0 aromatic heterocycles. The van der Waals surface area contributed by atoms with Gasteiger partial charge < -0.3 is 5.11 Å². The number of benzene rings is 2. The van der Waals surface area contributed by atoms with E-state index in [9.17, 15) is 9.90 Å². The van der Waals surface area contributed by atoms with Crippen LogP contribution in [0.3, 0.4) is 0 Å². The monoisotopic (exact) mass is 340 g/mol. The van der Waals surface area contributed by atoms with Gasteiger partial charge in [-0.15, -0.1) is 0 Å². The number of rotatable bonds is 2. The Balaban J connectivity index is 2.13. The lowest BCUT2D eigenvalue weighted by atomic mass is 9.92. The Morgan fingerprint density at radius 1 is 1.08 bits per heavy atom. The highest BCUT2D eigenvalue weighted by atomic mass is 32.2. The van der Waals surface area contributed by atoms with E-state index < -0.39 is 6.09 Å². The maximum Gasteiger partial charge on any atom is 0.414 e. The van der Waals surface area contributed by atoms with Crippen molar-refractivity contribution >= 4 is 23.0 Å². The zero-order chi connectivity index (χ0) is 17.3. The number of hydrogen-bond acceptors (Lipinski definition) is 3. The summed E-state index contributed by atoms with van der Waals surface area (Å²) in [5.41, 5.74) is 4.26. The molecule has 1 N–H and O–H groups in total. The topological polar surface area (TPSA) is 52.9 Å². The number of thioether (sulfide) groups is 1. The molecular weight excluding hydrogens is 320 g/mol. The van der Waals surface area contributed by atoms with Gasteiger partial charge in [-0.3, -0.25) is 4.99 Å². The molecule has 1 heterocycles. The quantitative estimate of drug-likeness (QED) is 0.854. The molecule has 0 saturated carbocycles. The number of carbonyl (C=O) groups is 1. The molecule has 0 spiro atoms. The van der Waals surface area contributed by atoms with Gasteiger partial charge in [0.15, 0.2) is 5.17 Å². The van der Waals surface area contributed by atoms with Crippen molar-refractivity contribution in [3.05, 3.63) is 70.8 Å². The van der Waals surface area contributed by atoms with Crippen molar-refractivity contribution in [3.63, 3.8) is 0 Å². The number of carboxylic acid groups (broad SMARTS) is 1. The molecule has 1 aliphatic rings. The second kappa shape index (κ2) is 6.69. The first-order valence-corrected chi connectivity index (χ1v) is 9.01. The predicted molar refractivity (Wildman–Crippen MR) is 98.7 cm³/mol. The van der Waals surface area contributed by atoms with Gasteiger partial charge in [0.1, 0.15) is 6.04 Å². The van der Waals surface area contributed by atoms with Crippen LogP contribution >= 0.6 is 11.8 Å². The molecule has 124 valence electrons. The van der Waals surface area contributed by atoms with Gasteiger partial charge in [0, 0.05) is 0 Å². The van der Waals surface area contributed by atoms with Crippen LogP contribution in [0, 0.1) is 13.8 Å². The number of nitrogens with zero attached hydrogens (tertiary/aromatic N) is 2. The van der Waals surface area contributed by atoms with Gasteiger partial charge >= 0.3 is 6.09 Å². The Morgan fingerprint density at radius 3 is 2.21 bits per heavy atom. The van der Waals surface area contributed by atoms with Crippen molar-refractivity contribution < 1.29 is 9.90 Å². The zero-order valence-electron chi connectivity index (χ0n) is 13.9. The van der Waals surface area contributed by atoms with Crippen LogP contribution < -0.4 is 0 Å². The molecule has 2 aromatic rings. The Labute approximate surface area is 146 Å². The van der Waals surface area contributed by atoms with Crippen molar-refractivity contribution in [2.45, 2.75) is 25.9 Å². The first-order chi connectivity index (χ1) is 11.5. The molecule has 4 nitrogen and oxygen atoms in total. The van der Waals surface area contributed by atoms with Crippen LogP contribution in [-0.4, -0.2) is 27.5 Å². The standard InChI is InChI=1S/C19H20N2O2S/c1-12-6-4-8-14(10-12)16-17(15-9-5-7-13(2)11-15)21(19(22)23)18(20-16)24-3/h4-11,16-17H,1-3H3,(H,22,23)/t16-,17+/m1/s1. The second-order valence-corrected chi connectivity index (χ2v) is 6.76. The summed E-state index contributed by atoms with van der Waals surface area (Å²) in [4.78, 5) is 18.0. The maximum atomic E-state index is 11.9. The molecule has 0 aliphatic carbocycles. The number of aryl methyl sites for hydroxylation is 2. The largest absolute Gasteiger partial charge is 0.465 e. The molecule has 0 bridgehead atoms. The van der Waals surface area contributed by atoms with E-state index in [-0.39, 0.29) is 12.1 Å². The SMILES string of the molecule is CSC1=N[C@H](c2cccc(C)c2)[C@H](c2cccc(C)c2)N1C(=O)O. The Bertz CT molecular complexity index is 803. The van der Waals surface area contributed by atoms with Crippen molar-refractivity contribution in [2.75, 3.05) is 6.26 Å². The highest BCUT2D eigenvalue weighted by Gasteiger charge is 2.41. The van der Waals surface area contributed by atoms with E-state index in [2.05, 4.69) is 6.07 Å². The lowest BCUT2D eigenvalue weighted by Crippen LogP contribution is -2.34. The first kappa shape index (κ1) is 16.6. The minimum atomic E-state index is -0.968. The highest BCUT2D eigenvalue weighted by molar-refractivity contribution is 8.13. The van der Waals surface area contributed by atoms with Crippen LogP contribution in [0.1, 0.15) is 34.3 Å². The fourth-order valence-corrected chi connectivity index (χ4v) is 3.77. The summed E-state index contributed by atoms with van der Waals surface area (Å²) in [6.45, 7) is 4.05. The molecule has 2 atom stereocenters. The molecule has 0 fully saturated rings. The van der Waals surface area contributed by atoms with Crippen LogP contribution in [0.4, 0.5) is 4.79 Å². The van der Waals surface area contributed by atoms with Gasteiger partial charge in [0.05, 0.1) is 6.04 Å². The molecule has 2 aromatic carbocycles.